The summed E-state index contributed by atoms with van der Waals surface area (Å²) in [6.45, 7) is 6.57. The van der Waals surface area contributed by atoms with E-state index in [0.29, 0.717) is 18.1 Å². The first-order chi connectivity index (χ1) is 16.7. The summed E-state index contributed by atoms with van der Waals surface area (Å²) < 4.78 is 11.3. The lowest BCUT2D eigenvalue weighted by atomic mass is 9.95. The van der Waals surface area contributed by atoms with Crippen molar-refractivity contribution in [3.63, 3.8) is 0 Å². The maximum Gasteiger partial charge on any atom is 0.253 e. The normalized spacial score (nSPS) is 19.8. The Morgan fingerprint density at radius 2 is 2.00 bits per heavy atom. The smallest absolute Gasteiger partial charge is 0.253 e. The highest BCUT2D eigenvalue weighted by atomic mass is 16.5. The van der Waals surface area contributed by atoms with Crippen molar-refractivity contribution >= 4 is 16.9 Å². The van der Waals surface area contributed by atoms with Crippen LogP contribution in [0.3, 0.4) is 0 Å². The van der Waals surface area contributed by atoms with Crippen molar-refractivity contribution in [2.45, 2.75) is 25.7 Å². The third kappa shape index (κ3) is 5.77. The van der Waals surface area contributed by atoms with Gasteiger partial charge in [0.05, 0.1) is 13.2 Å². The molecule has 1 unspecified atom stereocenters. The molecular weight excluding hydrogens is 428 g/mol. The van der Waals surface area contributed by atoms with E-state index in [-0.39, 0.29) is 5.91 Å². The lowest BCUT2D eigenvalue weighted by molar-refractivity contribution is 0.0322. The summed E-state index contributed by atoms with van der Waals surface area (Å²) in [6.07, 6.45) is 6.05. The number of benzene rings is 1. The van der Waals surface area contributed by atoms with Gasteiger partial charge in [-0.1, -0.05) is 6.07 Å². The van der Waals surface area contributed by atoms with E-state index in [1.807, 2.05) is 41.4 Å². The van der Waals surface area contributed by atoms with Gasteiger partial charge >= 0.3 is 0 Å². The minimum absolute atomic E-state index is 0.102. The number of ether oxygens (including phenoxy) is 2. The van der Waals surface area contributed by atoms with Crippen molar-refractivity contribution < 1.29 is 14.3 Å². The fourth-order valence-corrected chi connectivity index (χ4v) is 4.97. The molecule has 0 aliphatic carbocycles. The molecule has 0 spiro atoms. The minimum Gasteiger partial charge on any atom is -0.492 e. The van der Waals surface area contributed by atoms with E-state index in [2.05, 4.69) is 22.0 Å². The summed E-state index contributed by atoms with van der Waals surface area (Å²) in [5, 5.41) is 1.15. The zero-order valence-electron chi connectivity index (χ0n) is 19.7. The molecule has 4 heterocycles. The minimum atomic E-state index is 0.102. The number of amides is 1. The number of H-pyrrole nitrogens is 1. The van der Waals surface area contributed by atoms with E-state index in [1.165, 1.54) is 0 Å². The highest BCUT2D eigenvalue weighted by Gasteiger charge is 2.22. The zero-order chi connectivity index (χ0) is 23.2. The number of rotatable bonds is 7. The molecule has 3 aromatic rings. The van der Waals surface area contributed by atoms with E-state index in [4.69, 9.17) is 14.5 Å². The molecule has 0 saturated carbocycles. The van der Waals surface area contributed by atoms with Gasteiger partial charge in [0, 0.05) is 55.6 Å². The zero-order valence-corrected chi connectivity index (χ0v) is 19.7. The second-order valence-corrected chi connectivity index (χ2v) is 9.34. The number of morpholine rings is 1. The molecule has 2 aliphatic rings. The maximum absolute atomic E-state index is 13.2. The molecule has 2 saturated heterocycles. The molecule has 2 aromatic heterocycles. The van der Waals surface area contributed by atoms with Crippen LogP contribution < -0.4 is 4.74 Å². The van der Waals surface area contributed by atoms with Gasteiger partial charge in [0.15, 0.2) is 0 Å². The first-order valence-electron chi connectivity index (χ1n) is 12.5. The standard InChI is InChI=1S/C27H34N4O3/c32-27(23-4-1-5-25(20-23)34-18-15-30-13-16-33-17-14-30)31-11-2-3-21(9-12-31)19-24-7-6-22-8-10-28-26(22)29-24/h1,4-8,10,20-21H,2-3,9,11-19H2,(H,28,29). The Kier molecular flexibility index (Phi) is 7.41. The van der Waals surface area contributed by atoms with Crippen LogP contribution in [0.1, 0.15) is 35.3 Å². The molecule has 1 amide bonds. The summed E-state index contributed by atoms with van der Waals surface area (Å²) in [4.78, 5) is 25.6. The number of fused-ring (bicyclic) bond motifs is 1. The molecule has 7 heteroatoms. The Hall–Kier alpha value is -2.90. The van der Waals surface area contributed by atoms with E-state index in [0.717, 1.165) is 94.1 Å². The van der Waals surface area contributed by atoms with Crippen molar-refractivity contribution in [2.75, 3.05) is 52.5 Å². The topological polar surface area (TPSA) is 70.7 Å². The Balaban J connectivity index is 1.13. The first-order valence-corrected chi connectivity index (χ1v) is 12.5. The number of aromatic nitrogens is 2. The lowest BCUT2D eigenvalue weighted by Gasteiger charge is -2.26. The fraction of sp³-hybridized carbons (Fsp3) is 0.481. The number of aromatic amines is 1. The van der Waals surface area contributed by atoms with Crippen LogP contribution in [0.5, 0.6) is 5.75 Å². The molecule has 0 bridgehead atoms. The van der Waals surface area contributed by atoms with Gasteiger partial charge in [-0.2, -0.15) is 0 Å². The van der Waals surface area contributed by atoms with Crippen molar-refractivity contribution in [2.24, 2.45) is 5.92 Å². The second-order valence-electron chi connectivity index (χ2n) is 9.34. The monoisotopic (exact) mass is 462 g/mol. The fourth-order valence-electron chi connectivity index (χ4n) is 4.97. The molecule has 1 aromatic carbocycles. The number of nitrogens with one attached hydrogen (secondary N) is 1. The molecule has 1 N–H and O–H groups in total. The molecule has 180 valence electrons. The van der Waals surface area contributed by atoms with Crippen molar-refractivity contribution in [3.05, 3.63) is 59.9 Å². The van der Waals surface area contributed by atoms with Crippen LogP contribution in [-0.4, -0.2) is 78.2 Å². The number of hydrogen-bond acceptors (Lipinski definition) is 5. The molecule has 5 rings (SSSR count). The summed E-state index contributed by atoms with van der Waals surface area (Å²) in [5.74, 6) is 1.41. The Morgan fingerprint density at radius 1 is 1.09 bits per heavy atom. The third-order valence-corrected chi connectivity index (χ3v) is 6.96. The highest BCUT2D eigenvalue weighted by Crippen LogP contribution is 2.24. The first kappa shape index (κ1) is 22.9. The average Bonchev–Trinajstić information content (AvgIpc) is 3.22. The lowest BCUT2D eigenvalue weighted by Crippen LogP contribution is -2.38. The van der Waals surface area contributed by atoms with Crippen LogP contribution >= 0.6 is 0 Å². The molecule has 2 aliphatic heterocycles. The van der Waals surface area contributed by atoms with Crippen molar-refractivity contribution in [1.29, 1.82) is 0 Å². The molecule has 34 heavy (non-hydrogen) atoms. The van der Waals surface area contributed by atoms with Gasteiger partial charge in [0.25, 0.3) is 5.91 Å². The summed E-state index contributed by atoms with van der Waals surface area (Å²) in [5.41, 5.74) is 2.79. The predicted molar refractivity (Wildman–Crippen MR) is 132 cm³/mol. The Bertz CT molecular complexity index is 1090. The molecule has 2 fully saturated rings. The van der Waals surface area contributed by atoms with Crippen LogP contribution in [0.2, 0.25) is 0 Å². The van der Waals surface area contributed by atoms with Gasteiger partial charge in [-0.3, -0.25) is 9.69 Å². The number of likely N-dealkylation sites (tertiary alicyclic amines) is 1. The van der Waals surface area contributed by atoms with Gasteiger partial charge in [-0.15, -0.1) is 0 Å². The second kappa shape index (κ2) is 11.0. The number of hydrogen-bond donors (Lipinski definition) is 1. The quantitative estimate of drug-likeness (QED) is 0.579. The predicted octanol–water partition coefficient (Wildman–Crippen LogP) is 3.76. The molecule has 0 radical (unpaired) electrons. The number of nitrogens with zero attached hydrogens (tertiary/aromatic N) is 3. The largest absolute Gasteiger partial charge is 0.492 e. The van der Waals surface area contributed by atoms with E-state index in [9.17, 15) is 4.79 Å². The van der Waals surface area contributed by atoms with Gasteiger partial charge in [-0.25, -0.2) is 4.98 Å². The van der Waals surface area contributed by atoms with Gasteiger partial charge in [-0.05, 0) is 68.0 Å². The van der Waals surface area contributed by atoms with Crippen LogP contribution in [0.25, 0.3) is 11.0 Å². The Morgan fingerprint density at radius 3 is 2.91 bits per heavy atom. The van der Waals surface area contributed by atoms with E-state index >= 15 is 0 Å². The summed E-state index contributed by atoms with van der Waals surface area (Å²) in [6, 6.07) is 14.0. The summed E-state index contributed by atoms with van der Waals surface area (Å²) >= 11 is 0. The summed E-state index contributed by atoms with van der Waals surface area (Å²) in [7, 11) is 0. The Labute approximate surface area is 201 Å². The maximum atomic E-state index is 13.2. The van der Waals surface area contributed by atoms with Gasteiger partial charge in [0.1, 0.15) is 18.0 Å². The number of pyridine rings is 1. The van der Waals surface area contributed by atoms with Crippen LogP contribution in [0.15, 0.2) is 48.7 Å². The SMILES string of the molecule is O=C(c1cccc(OCCN2CCOCC2)c1)N1CCCC(Cc2ccc3cc[nH]c3n2)CC1. The van der Waals surface area contributed by atoms with E-state index < -0.39 is 0 Å². The van der Waals surface area contributed by atoms with E-state index in [1.54, 1.807) is 0 Å². The van der Waals surface area contributed by atoms with Crippen LogP contribution in [-0.2, 0) is 11.2 Å². The van der Waals surface area contributed by atoms with Crippen LogP contribution in [0.4, 0.5) is 0 Å². The highest BCUT2D eigenvalue weighted by molar-refractivity contribution is 5.94. The molecule has 7 nitrogen and oxygen atoms in total. The van der Waals surface area contributed by atoms with Gasteiger partial charge < -0.3 is 19.4 Å². The van der Waals surface area contributed by atoms with Crippen LogP contribution in [0, 0.1) is 5.92 Å². The van der Waals surface area contributed by atoms with Gasteiger partial charge in [0.2, 0.25) is 0 Å². The van der Waals surface area contributed by atoms with Crippen molar-refractivity contribution in [1.82, 2.24) is 19.8 Å². The molecule has 1 atom stereocenters. The average molecular weight is 463 g/mol. The number of carbonyl (C=O) groups excluding carboxylic acids is 1. The number of carbonyl (C=O) groups is 1. The third-order valence-electron chi connectivity index (χ3n) is 6.96. The van der Waals surface area contributed by atoms with Crippen molar-refractivity contribution in [3.8, 4) is 5.75 Å². The molecular formula is C27H34N4O3.